The molecule has 0 atom stereocenters. The van der Waals surface area contributed by atoms with Crippen molar-refractivity contribution in [3.8, 4) is 11.3 Å². The van der Waals surface area contributed by atoms with Gasteiger partial charge in [0.15, 0.2) is 0 Å². The molecule has 118 valence electrons. The Labute approximate surface area is 144 Å². The van der Waals surface area contributed by atoms with Crippen molar-refractivity contribution in [1.82, 2.24) is 15.0 Å². The van der Waals surface area contributed by atoms with Crippen LogP contribution in [0, 0.1) is 6.92 Å². The topological polar surface area (TPSA) is 50.7 Å². The van der Waals surface area contributed by atoms with Crippen molar-refractivity contribution in [1.29, 1.82) is 0 Å². The maximum atomic E-state index is 4.76. The highest BCUT2D eigenvalue weighted by Crippen LogP contribution is 2.27. The first-order chi connectivity index (χ1) is 11.8. The van der Waals surface area contributed by atoms with Crippen molar-refractivity contribution in [2.24, 2.45) is 0 Å². The van der Waals surface area contributed by atoms with Crippen LogP contribution < -0.4 is 5.32 Å². The van der Waals surface area contributed by atoms with Gasteiger partial charge in [-0.05, 0) is 13.0 Å². The van der Waals surface area contributed by atoms with E-state index in [1.807, 2.05) is 49.5 Å². The van der Waals surface area contributed by atoms with Gasteiger partial charge in [0.2, 0.25) is 5.95 Å². The highest BCUT2D eigenvalue weighted by molar-refractivity contribution is 7.11. The number of nitrogens with one attached hydrogen (secondary N) is 1. The van der Waals surface area contributed by atoms with Gasteiger partial charge in [-0.3, -0.25) is 0 Å². The molecule has 0 unspecified atom stereocenters. The minimum atomic E-state index is 0.638. The number of para-hydroxylation sites is 1. The molecule has 0 spiro atoms. The highest BCUT2D eigenvalue weighted by Gasteiger charge is 2.09. The molecule has 0 bridgehead atoms. The minimum absolute atomic E-state index is 0.638. The van der Waals surface area contributed by atoms with Crippen molar-refractivity contribution in [2.75, 3.05) is 5.32 Å². The fraction of sp³-hybridized carbons (Fsp3) is 0.105. The molecule has 0 aliphatic carbocycles. The maximum Gasteiger partial charge on any atom is 0.224 e. The van der Waals surface area contributed by atoms with E-state index in [9.17, 15) is 0 Å². The van der Waals surface area contributed by atoms with Crippen molar-refractivity contribution in [2.45, 2.75) is 13.5 Å². The van der Waals surface area contributed by atoms with Gasteiger partial charge in [0, 0.05) is 22.0 Å². The van der Waals surface area contributed by atoms with Crippen LogP contribution in [0.2, 0.25) is 0 Å². The SMILES string of the molecule is Cc1ncc(CNc2nc(-c3ccccc3)c3ccccc3n2)s1. The van der Waals surface area contributed by atoms with E-state index in [1.54, 1.807) is 11.3 Å². The van der Waals surface area contributed by atoms with Gasteiger partial charge >= 0.3 is 0 Å². The lowest BCUT2D eigenvalue weighted by atomic mass is 10.1. The molecule has 2 heterocycles. The van der Waals surface area contributed by atoms with E-state index in [4.69, 9.17) is 4.98 Å². The van der Waals surface area contributed by atoms with E-state index in [0.29, 0.717) is 12.5 Å². The van der Waals surface area contributed by atoms with Crippen molar-refractivity contribution in [3.05, 3.63) is 70.7 Å². The van der Waals surface area contributed by atoms with Crippen LogP contribution in [0.5, 0.6) is 0 Å². The number of aromatic nitrogens is 3. The van der Waals surface area contributed by atoms with E-state index in [2.05, 4.69) is 33.5 Å². The van der Waals surface area contributed by atoms with Crippen LogP contribution in [-0.4, -0.2) is 15.0 Å². The van der Waals surface area contributed by atoms with E-state index in [1.165, 1.54) is 4.88 Å². The average Bonchev–Trinajstić information content (AvgIpc) is 3.05. The molecule has 2 aromatic heterocycles. The monoisotopic (exact) mass is 332 g/mol. The van der Waals surface area contributed by atoms with E-state index >= 15 is 0 Å². The summed E-state index contributed by atoms with van der Waals surface area (Å²) in [6, 6.07) is 18.3. The molecule has 0 amide bonds. The second-order valence-corrected chi connectivity index (χ2v) is 6.80. The third-order valence-corrected chi connectivity index (χ3v) is 4.65. The first-order valence-corrected chi connectivity index (χ1v) is 8.58. The summed E-state index contributed by atoms with van der Waals surface area (Å²) in [5.74, 6) is 0.638. The van der Waals surface area contributed by atoms with Crippen LogP contribution in [0.4, 0.5) is 5.95 Å². The predicted molar refractivity (Wildman–Crippen MR) is 99.2 cm³/mol. The molecule has 4 aromatic rings. The van der Waals surface area contributed by atoms with Crippen molar-refractivity contribution in [3.63, 3.8) is 0 Å². The number of nitrogens with zero attached hydrogens (tertiary/aromatic N) is 3. The van der Waals surface area contributed by atoms with Gasteiger partial charge < -0.3 is 5.32 Å². The molecule has 2 aromatic carbocycles. The summed E-state index contributed by atoms with van der Waals surface area (Å²) in [5.41, 5.74) is 2.98. The molecule has 4 rings (SSSR count). The van der Waals surface area contributed by atoms with Crippen LogP contribution in [0.15, 0.2) is 60.8 Å². The van der Waals surface area contributed by atoms with Crippen LogP contribution in [0.1, 0.15) is 9.88 Å². The third-order valence-electron chi connectivity index (χ3n) is 3.74. The first kappa shape index (κ1) is 14.8. The lowest BCUT2D eigenvalue weighted by molar-refractivity contribution is 1.09. The molecule has 0 aliphatic heterocycles. The Morgan fingerprint density at radius 2 is 1.75 bits per heavy atom. The number of hydrogen-bond donors (Lipinski definition) is 1. The number of fused-ring (bicyclic) bond motifs is 1. The molecule has 0 fully saturated rings. The molecular weight excluding hydrogens is 316 g/mol. The number of aryl methyl sites for hydroxylation is 1. The summed E-state index contributed by atoms with van der Waals surface area (Å²) in [6.45, 7) is 2.69. The van der Waals surface area contributed by atoms with Gasteiger partial charge in [0.05, 0.1) is 22.8 Å². The third kappa shape index (κ3) is 2.98. The molecule has 0 aliphatic rings. The summed E-state index contributed by atoms with van der Waals surface area (Å²) >= 11 is 1.68. The maximum absolute atomic E-state index is 4.76. The summed E-state index contributed by atoms with van der Waals surface area (Å²) in [4.78, 5) is 14.9. The Hall–Kier alpha value is -2.79. The van der Waals surface area contributed by atoms with Gasteiger partial charge in [-0.1, -0.05) is 48.5 Å². The number of rotatable bonds is 4. The van der Waals surface area contributed by atoms with Crippen LogP contribution in [-0.2, 0) is 6.54 Å². The summed E-state index contributed by atoms with van der Waals surface area (Å²) in [7, 11) is 0. The van der Waals surface area contributed by atoms with Crippen LogP contribution in [0.25, 0.3) is 22.2 Å². The van der Waals surface area contributed by atoms with E-state index < -0.39 is 0 Å². The van der Waals surface area contributed by atoms with Gasteiger partial charge in [-0.15, -0.1) is 11.3 Å². The normalized spacial score (nSPS) is 10.9. The average molecular weight is 332 g/mol. The fourth-order valence-electron chi connectivity index (χ4n) is 2.62. The Morgan fingerprint density at radius 3 is 2.54 bits per heavy atom. The van der Waals surface area contributed by atoms with Crippen LogP contribution in [0.3, 0.4) is 0 Å². The smallest absolute Gasteiger partial charge is 0.224 e. The van der Waals surface area contributed by atoms with Crippen LogP contribution >= 0.6 is 11.3 Å². The number of thiazole rings is 1. The minimum Gasteiger partial charge on any atom is -0.349 e. The predicted octanol–water partition coefficient (Wildman–Crippen LogP) is 4.67. The second-order valence-electron chi connectivity index (χ2n) is 5.48. The molecule has 5 heteroatoms. The van der Waals surface area contributed by atoms with Crippen molar-refractivity contribution >= 4 is 28.2 Å². The molecular formula is C19H16N4S. The first-order valence-electron chi connectivity index (χ1n) is 7.77. The summed E-state index contributed by atoms with van der Waals surface area (Å²) < 4.78 is 0. The highest BCUT2D eigenvalue weighted by atomic mass is 32.1. The molecule has 0 radical (unpaired) electrons. The van der Waals surface area contributed by atoms with Gasteiger partial charge in [0.25, 0.3) is 0 Å². The Bertz CT molecular complexity index is 979. The lowest BCUT2D eigenvalue weighted by Crippen LogP contribution is -2.04. The Morgan fingerprint density at radius 1 is 0.958 bits per heavy atom. The Balaban J connectivity index is 1.74. The molecule has 4 nitrogen and oxygen atoms in total. The molecule has 1 N–H and O–H groups in total. The number of anilines is 1. The summed E-state index contributed by atoms with van der Waals surface area (Å²) in [6.07, 6.45) is 1.89. The summed E-state index contributed by atoms with van der Waals surface area (Å²) in [5, 5.41) is 5.45. The van der Waals surface area contributed by atoms with Gasteiger partial charge in [0.1, 0.15) is 0 Å². The molecule has 0 saturated carbocycles. The zero-order chi connectivity index (χ0) is 16.4. The number of benzene rings is 2. The van der Waals surface area contributed by atoms with E-state index in [-0.39, 0.29) is 0 Å². The van der Waals surface area contributed by atoms with Gasteiger partial charge in [-0.2, -0.15) is 0 Å². The zero-order valence-corrected chi connectivity index (χ0v) is 14.0. The molecule has 0 saturated heterocycles. The quantitative estimate of drug-likeness (QED) is 0.590. The fourth-order valence-corrected chi connectivity index (χ4v) is 3.36. The largest absolute Gasteiger partial charge is 0.349 e. The standard InChI is InChI=1S/C19H16N4S/c1-13-20-11-15(24-13)12-21-19-22-17-10-6-5-9-16(17)18(23-19)14-7-3-2-4-8-14/h2-11H,12H2,1H3,(H,21,22,23). The Kier molecular flexibility index (Phi) is 3.92. The number of hydrogen-bond acceptors (Lipinski definition) is 5. The lowest BCUT2D eigenvalue weighted by Gasteiger charge is -2.10. The van der Waals surface area contributed by atoms with E-state index in [0.717, 1.165) is 27.2 Å². The van der Waals surface area contributed by atoms with Gasteiger partial charge in [-0.25, -0.2) is 15.0 Å². The van der Waals surface area contributed by atoms with Crippen molar-refractivity contribution < 1.29 is 0 Å². The zero-order valence-electron chi connectivity index (χ0n) is 13.2. The second kappa shape index (κ2) is 6.37. The molecule has 24 heavy (non-hydrogen) atoms.